The number of rotatable bonds is 7. The molecule has 1 saturated carbocycles. The Kier molecular flexibility index (Phi) is 6.96. The monoisotopic (exact) mass is 595 g/mol. The van der Waals surface area contributed by atoms with Crippen molar-refractivity contribution in [1.82, 2.24) is 14.0 Å². The Balaban J connectivity index is 1.31. The highest BCUT2D eigenvalue weighted by Gasteiger charge is 2.32. The summed E-state index contributed by atoms with van der Waals surface area (Å²) in [5.41, 5.74) is 4.73. The zero-order valence-corrected chi connectivity index (χ0v) is 23.0. The molecule has 13 nitrogen and oxygen atoms in total. The minimum absolute atomic E-state index is 0.0183. The van der Waals surface area contributed by atoms with Crippen LogP contribution in [0, 0.1) is 11.6 Å². The van der Waals surface area contributed by atoms with E-state index in [2.05, 4.69) is 10.2 Å². The number of pyridine rings is 1. The van der Waals surface area contributed by atoms with E-state index in [0.29, 0.717) is 37.2 Å². The Labute approximate surface area is 242 Å². The van der Waals surface area contributed by atoms with Gasteiger partial charge in [0.2, 0.25) is 11.3 Å². The van der Waals surface area contributed by atoms with Crippen LogP contribution in [0.4, 0.5) is 25.0 Å². The number of ether oxygens (including phenoxy) is 1. The maximum atomic E-state index is 15.7. The minimum Gasteiger partial charge on any atom is -0.493 e. The molecule has 0 bridgehead atoms. The number of nitrogens with two attached hydrogens (primary N) is 1. The number of aromatic nitrogens is 2. The molecule has 1 aliphatic heterocycles. The van der Waals surface area contributed by atoms with Crippen LogP contribution in [-0.2, 0) is 6.67 Å². The molecule has 0 spiro atoms. The molecule has 2 aliphatic rings. The summed E-state index contributed by atoms with van der Waals surface area (Å²) >= 11 is 0. The molecule has 0 radical (unpaired) electrons. The fourth-order valence-corrected chi connectivity index (χ4v) is 5.67. The smallest absolute Gasteiger partial charge is 0.356 e. The summed E-state index contributed by atoms with van der Waals surface area (Å²) in [5, 5.41) is 27.6. The molecule has 4 aromatic rings. The SMILES string of the molecule is COc1c(N2CCN(Cn3c(O)c(N=NC(N)=O)c4cc(F)ccc43)CC2)c(F)cc2c(=O)c(C(=O)O)cn(C3CC3)c12. The van der Waals surface area contributed by atoms with Gasteiger partial charge in [0.25, 0.3) is 0 Å². The van der Waals surface area contributed by atoms with Gasteiger partial charge in [-0.1, -0.05) is 5.11 Å². The number of hydrogen-bond donors (Lipinski definition) is 3. The molecule has 4 N–H and O–H groups in total. The number of carboxylic acids is 1. The van der Waals surface area contributed by atoms with Gasteiger partial charge in [0.05, 0.1) is 30.2 Å². The number of carbonyl (C=O) groups excluding carboxylic acids is 1. The molecular weight excluding hydrogens is 568 g/mol. The van der Waals surface area contributed by atoms with E-state index < -0.39 is 34.6 Å². The van der Waals surface area contributed by atoms with Crippen molar-refractivity contribution in [3.63, 3.8) is 0 Å². The van der Waals surface area contributed by atoms with Gasteiger partial charge in [-0.2, -0.15) is 0 Å². The van der Waals surface area contributed by atoms with E-state index in [1.165, 1.54) is 36.1 Å². The van der Waals surface area contributed by atoms with Crippen LogP contribution < -0.4 is 20.8 Å². The lowest BCUT2D eigenvalue weighted by molar-refractivity contribution is 0.0694. The van der Waals surface area contributed by atoms with Gasteiger partial charge < -0.3 is 30.2 Å². The standard InChI is InChI=1S/C28H27F2N7O6/c1-43-25-22-17(24(38)18(27(40)41)12-36(22)15-3-4-15)11-19(30)23(25)35-8-6-34(7-9-35)13-37-20-5-2-14(29)10-16(20)21(26(37)39)32-33-28(31)42/h2,5,10-12,15,39H,3-4,6-9,13H2,1H3,(H2,31,42)(H,40,41). The number of urea groups is 1. The second kappa shape index (κ2) is 10.7. The molecule has 15 heteroatoms. The topological polar surface area (TPSA) is 168 Å². The number of halogens is 2. The number of aromatic carboxylic acids is 1. The number of hydrogen-bond acceptors (Lipinski definition) is 8. The van der Waals surface area contributed by atoms with Crippen LogP contribution in [0.5, 0.6) is 11.6 Å². The zero-order chi connectivity index (χ0) is 30.6. The van der Waals surface area contributed by atoms with E-state index >= 15 is 4.39 Å². The number of anilines is 1. The van der Waals surface area contributed by atoms with E-state index in [1.54, 1.807) is 9.47 Å². The molecule has 2 fully saturated rings. The van der Waals surface area contributed by atoms with Crippen LogP contribution in [0.15, 0.2) is 45.5 Å². The number of azo groups is 1. The predicted octanol–water partition coefficient (Wildman–Crippen LogP) is 3.92. The summed E-state index contributed by atoms with van der Waals surface area (Å²) in [6.07, 6.45) is 2.90. The molecular formula is C28H27F2N7O6. The highest BCUT2D eigenvalue weighted by molar-refractivity contribution is 5.97. The van der Waals surface area contributed by atoms with E-state index in [0.717, 1.165) is 18.9 Å². The molecule has 2 amide bonds. The van der Waals surface area contributed by atoms with Crippen LogP contribution in [0.1, 0.15) is 29.2 Å². The molecule has 2 aromatic heterocycles. The number of piperazine rings is 1. The van der Waals surface area contributed by atoms with E-state index in [9.17, 15) is 29.0 Å². The molecule has 1 aliphatic carbocycles. The van der Waals surface area contributed by atoms with Crippen molar-refractivity contribution >= 4 is 45.2 Å². The lowest BCUT2D eigenvalue weighted by atomic mass is 10.1. The van der Waals surface area contributed by atoms with Gasteiger partial charge >= 0.3 is 12.0 Å². The highest BCUT2D eigenvalue weighted by atomic mass is 19.1. The van der Waals surface area contributed by atoms with Crippen LogP contribution in [-0.4, -0.2) is 69.5 Å². The van der Waals surface area contributed by atoms with Gasteiger partial charge in [-0.3, -0.25) is 14.3 Å². The van der Waals surface area contributed by atoms with Crippen LogP contribution in [0.3, 0.4) is 0 Å². The number of benzene rings is 2. The zero-order valence-electron chi connectivity index (χ0n) is 23.0. The number of aromatic hydroxyl groups is 1. The quantitative estimate of drug-likeness (QED) is 0.270. The van der Waals surface area contributed by atoms with Gasteiger partial charge in [0, 0.05) is 43.8 Å². The lowest BCUT2D eigenvalue weighted by Crippen LogP contribution is -2.47. The maximum absolute atomic E-state index is 15.7. The first-order chi connectivity index (χ1) is 20.6. The van der Waals surface area contributed by atoms with Crippen LogP contribution in [0.25, 0.3) is 21.8 Å². The molecule has 6 rings (SSSR count). The Hall–Kier alpha value is -5.05. The molecule has 0 unspecified atom stereocenters. The number of methoxy groups -OCH3 is 1. The van der Waals surface area contributed by atoms with Crippen molar-refractivity contribution < 1.29 is 33.3 Å². The molecule has 1 saturated heterocycles. The molecule has 2 aromatic carbocycles. The minimum atomic E-state index is -1.38. The van der Waals surface area contributed by atoms with Crippen molar-refractivity contribution in [2.45, 2.75) is 25.6 Å². The summed E-state index contributed by atoms with van der Waals surface area (Å²) in [5.74, 6) is -2.82. The third-order valence-corrected chi connectivity index (χ3v) is 7.82. The average molecular weight is 596 g/mol. The van der Waals surface area contributed by atoms with Crippen molar-refractivity contribution in [2.24, 2.45) is 16.0 Å². The molecule has 3 heterocycles. The Morgan fingerprint density at radius 1 is 1.12 bits per heavy atom. The Morgan fingerprint density at radius 3 is 2.47 bits per heavy atom. The van der Waals surface area contributed by atoms with Crippen molar-refractivity contribution in [2.75, 3.05) is 38.2 Å². The van der Waals surface area contributed by atoms with Gasteiger partial charge in [-0.05, 0) is 37.1 Å². The summed E-state index contributed by atoms with van der Waals surface area (Å²) in [7, 11) is 1.39. The van der Waals surface area contributed by atoms with Crippen molar-refractivity contribution in [1.29, 1.82) is 0 Å². The van der Waals surface area contributed by atoms with Crippen molar-refractivity contribution in [3.05, 3.63) is 57.9 Å². The summed E-state index contributed by atoms with van der Waals surface area (Å²) in [4.78, 5) is 39.6. The predicted molar refractivity (Wildman–Crippen MR) is 151 cm³/mol. The average Bonchev–Trinajstić information content (AvgIpc) is 3.78. The highest BCUT2D eigenvalue weighted by Crippen LogP contribution is 2.44. The van der Waals surface area contributed by atoms with E-state index in [1.807, 2.05) is 4.90 Å². The first-order valence-electron chi connectivity index (χ1n) is 13.5. The van der Waals surface area contributed by atoms with Crippen LogP contribution in [0.2, 0.25) is 0 Å². The van der Waals surface area contributed by atoms with Gasteiger partial charge in [0.1, 0.15) is 17.1 Å². The summed E-state index contributed by atoms with van der Waals surface area (Å²) in [6.45, 7) is 1.72. The fraction of sp³-hybridized carbons (Fsp3) is 0.321. The second-order valence-corrected chi connectivity index (χ2v) is 10.5. The van der Waals surface area contributed by atoms with Crippen molar-refractivity contribution in [3.8, 4) is 11.6 Å². The summed E-state index contributed by atoms with van der Waals surface area (Å²) in [6, 6.07) is 3.89. The first-order valence-corrected chi connectivity index (χ1v) is 13.5. The van der Waals surface area contributed by atoms with Gasteiger partial charge in [0.15, 0.2) is 17.3 Å². The number of primary amides is 1. The number of carboxylic acid groups (broad SMARTS) is 1. The van der Waals surface area contributed by atoms with Crippen LogP contribution >= 0.6 is 0 Å². The number of nitrogens with zero attached hydrogens (tertiary/aromatic N) is 6. The maximum Gasteiger partial charge on any atom is 0.356 e. The largest absolute Gasteiger partial charge is 0.493 e. The van der Waals surface area contributed by atoms with E-state index in [4.69, 9.17) is 10.5 Å². The third-order valence-electron chi connectivity index (χ3n) is 7.82. The Morgan fingerprint density at radius 2 is 1.84 bits per heavy atom. The van der Waals surface area contributed by atoms with Gasteiger partial charge in [-0.25, -0.2) is 18.4 Å². The number of carbonyl (C=O) groups is 2. The third kappa shape index (κ3) is 4.90. The first kappa shape index (κ1) is 28.1. The normalized spacial score (nSPS) is 16.0. The molecule has 224 valence electrons. The lowest BCUT2D eigenvalue weighted by Gasteiger charge is -2.37. The number of fused-ring (bicyclic) bond motifs is 2. The second-order valence-electron chi connectivity index (χ2n) is 10.5. The fourth-order valence-electron chi connectivity index (χ4n) is 5.67. The van der Waals surface area contributed by atoms with Gasteiger partial charge in [-0.15, -0.1) is 5.11 Å². The summed E-state index contributed by atoms with van der Waals surface area (Å²) < 4.78 is 38.6. The number of amides is 2. The van der Waals surface area contributed by atoms with E-state index in [-0.39, 0.29) is 46.5 Å². The molecule has 43 heavy (non-hydrogen) atoms. The Bertz CT molecular complexity index is 1890. The molecule has 0 atom stereocenters.